The van der Waals surface area contributed by atoms with E-state index in [9.17, 15) is 14.0 Å². The summed E-state index contributed by atoms with van der Waals surface area (Å²) in [6.07, 6.45) is -1.52. The molecule has 1 N–H and O–H groups in total. The zero-order valence-corrected chi connectivity index (χ0v) is 18.3. The SMILES string of the molecule is CCO[C@H]1[C@H](C)OC(=O)[C@@H](NC(=O)OC(C)(C)C)CCO[C@@H]1Cc1ccc(F)cc1. The molecule has 0 unspecified atom stereocenters. The molecule has 0 spiro atoms. The van der Waals surface area contributed by atoms with Crippen LogP contribution < -0.4 is 5.32 Å². The molecule has 2 rings (SSSR count). The van der Waals surface area contributed by atoms with Crippen LogP contribution in [-0.4, -0.2) is 55.2 Å². The highest BCUT2D eigenvalue weighted by Gasteiger charge is 2.36. The predicted octanol–water partition coefficient (Wildman–Crippen LogP) is 3.39. The zero-order valence-electron chi connectivity index (χ0n) is 18.3. The van der Waals surface area contributed by atoms with Gasteiger partial charge in [-0.05, 0) is 52.3 Å². The Morgan fingerprint density at radius 1 is 1.27 bits per heavy atom. The maximum absolute atomic E-state index is 13.2. The molecular weight excluding hydrogens is 393 g/mol. The van der Waals surface area contributed by atoms with Crippen molar-refractivity contribution in [1.29, 1.82) is 0 Å². The molecule has 0 radical (unpaired) electrons. The van der Waals surface area contributed by atoms with Gasteiger partial charge >= 0.3 is 12.1 Å². The van der Waals surface area contributed by atoms with Crippen LogP contribution in [0.3, 0.4) is 0 Å². The van der Waals surface area contributed by atoms with Gasteiger partial charge in [-0.1, -0.05) is 12.1 Å². The van der Waals surface area contributed by atoms with Gasteiger partial charge in [0.05, 0.1) is 6.10 Å². The lowest BCUT2D eigenvalue weighted by atomic mass is 10.0. The predicted molar refractivity (Wildman–Crippen MR) is 109 cm³/mol. The van der Waals surface area contributed by atoms with Crippen molar-refractivity contribution in [3.63, 3.8) is 0 Å². The second-order valence-electron chi connectivity index (χ2n) is 8.29. The fourth-order valence-electron chi connectivity index (χ4n) is 3.23. The van der Waals surface area contributed by atoms with E-state index in [-0.39, 0.29) is 18.8 Å². The van der Waals surface area contributed by atoms with E-state index in [1.165, 1.54) is 12.1 Å². The van der Waals surface area contributed by atoms with Crippen molar-refractivity contribution in [3.8, 4) is 0 Å². The lowest BCUT2D eigenvalue weighted by molar-refractivity contribution is -0.163. The number of rotatable bonds is 5. The number of carbonyl (C=O) groups is 2. The van der Waals surface area contributed by atoms with E-state index in [1.54, 1.807) is 39.8 Å². The van der Waals surface area contributed by atoms with Crippen LogP contribution in [-0.2, 0) is 30.2 Å². The summed E-state index contributed by atoms with van der Waals surface area (Å²) in [6.45, 7) is 9.43. The molecule has 1 amide bonds. The van der Waals surface area contributed by atoms with Crippen LogP contribution in [0, 0.1) is 5.82 Å². The van der Waals surface area contributed by atoms with E-state index >= 15 is 0 Å². The lowest BCUT2D eigenvalue weighted by Crippen LogP contribution is -2.46. The van der Waals surface area contributed by atoms with E-state index in [2.05, 4.69) is 5.32 Å². The van der Waals surface area contributed by atoms with Gasteiger partial charge in [-0.25, -0.2) is 14.0 Å². The van der Waals surface area contributed by atoms with Gasteiger partial charge in [-0.3, -0.25) is 0 Å². The van der Waals surface area contributed by atoms with E-state index in [0.29, 0.717) is 13.0 Å². The number of ether oxygens (including phenoxy) is 4. The highest BCUT2D eigenvalue weighted by atomic mass is 19.1. The molecule has 1 saturated heterocycles. The Hall–Kier alpha value is -2.19. The smallest absolute Gasteiger partial charge is 0.408 e. The number of amides is 1. The van der Waals surface area contributed by atoms with Gasteiger partial charge in [0, 0.05) is 26.1 Å². The van der Waals surface area contributed by atoms with Gasteiger partial charge in [0.2, 0.25) is 0 Å². The summed E-state index contributed by atoms with van der Waals surface area (Å²) in [5.41, 5.74) is 0.198. The number of halogens is 1. The largest absolute Gasteiger partial charge is 0.458 e. The molecular formula is C22H32FNO6. The first-order chi connectivity index (χ1) is 14.1. The number of nitrogens with one attached hydrogen (secondary N) is 1. The zero-order chi connectivity index (χ0) is 22.3. The van der Waals surface area contributed by atoms with Crippen LogP contribution in [0.25, 0.3) is 0 Å². The van der Waals surface area contributed by atoms with E-state index in [4.69, 9.17) is 18.9 Å². The molecule has 30 heavy (non-hydrogen) atoms. The molecule has 0 saturated carbocycles. The van der Waals surface area contributed by atoms with E-state index in [1.807, 2.05) is 6.92 Å². The summed E-state index contributed by atoms with van der Waals surface area (Å²) in [6, 6.07) is 5.28. The van der Waals surface area contributed by atoms with Gasteiger partial charge in [0.1, 0.15) is 29.7 Å². The van der Waals surface area contributed by atoms with E-state index < -0.39 is 42.0 Å². The average molecular weight is 425 g/mol. The Balaban J connectivity index is 2.13. The number of cyclic esters (lactones) is 1. The van der Waals surface area contributed by atoms with Gasteiger partial charge in [-0.15, -0.1) is 0 Å². The standard InChI is InChI=1S/C22H32FNO6/c1-6-27-19-14(2)29-20(25)17(24-21(26)30-22(3,4)5)11-12-28-18(19)13-15-7-9-16(23)10-8-15/h7-10,14,17-19H,6,11-13H2,1-5H3,(H,24,26)/t14-,17-,18+,19-/m0/s1. The van der Waals surface area contributed by atoms with Crippen LogP contribution in [0.1, 0.15) is 46.6 Å². The van der Waals surface area contributed by atoms with Gasteiger partial charge in [0.25, 0.3) is 0 Å². The molecule has 0 aromatic heterocycles. The first-order valence-corrected chi connectivity index (χ1v) is 10.3. The fourth-order valence-corrected chi connectivity index (χ4v) is 3.23. The Morgan fingerprint density at radius 3 is 2.53 bits per heavy atom. The van der Waals surface area contributed by atoms with Crippen molar-refractivity contribution in [1.82, 2.24) is 5.32 Å². The Kier molecular flexibility index (Phi) is 8.61. The fraction of sp³-hybridized carbons (Fsp3) is 0.636. The van der Waals surface area contributed by atoms with Gasteiger partial charge in [-0.2, -0.15) is 0 Å². The van der Waals surface area contributed by atoms with E-state index in [0.717, 1.165) is 5.56 Å². The van der Waals surface area contributed by atoms with Crippen LogP contribution in [0.15, 0.2) is 24.3 Å². The molecule has 1 aromatic rings. The number of alkyl carbamates (subject to hydrolysis) is 1. The third kappa shape index (κ3) is 7.57. The Labute approximate surface area is 177 Å². The highest BCUT2D eigenvalue weighted by molar-refractivity contribution is 5.81. The summed E-state index contributed by atoms with van der Waals surface area (Å²) in [5, 5.41) is 2.56. The molecule has 0 aliphatic carbocycles. The van der Waals surface area contributed by atoms with Crippen molar-refractivity contribution in [3.05, 3.63) is 35.6 Å². The van der Waals surface area contributed by atoms with Crippen LogP contribution in [0.5, 0.6) is 0 Å². The monoisotopic (exact) mass is 425 g/mol. The minimum atomic E-state index is -0.894. The lowest BCUT2D eigenvalue weighted by Gasteiger charge is -2.30. The van der Waals surface area contributed by atoms with Gasteiger partial charge in [0.15, 0.2) is 0 Å². The number of benzene rings is 1. The van der Waals surface area contributed by atoms with Crippen molar-refractivity contribution in [2.75, 3.05) is 13.2 Å². The summed E-state index contributed by atoms with van der Waals surface area (Å²) in [5.74, 6) is -0.877. The van der Waals surface area contributed by atoms with Crippen LogP contribution >= 0.6 is 0 Å². The van der Waals surface area contributed by atoms with Crippen molar-refractivity contribution < 1.29 is 32.9 Å². The number of hydrogen-bond donors (Lipinski definition) is 1. The quantitative estimate of drug-likeness (QED) is 0.728. The molecule has 1 aliphatic heterocycles. The van der Waals surface area contributed by atoms with Crippen molar-refractivity contribution >= 4 is 12.1 Å². The second-order valence-corrected chi connectivity index (χ2v) is 8.29. The normalized spacial score (nSPS) is 25.5. The first-order valence-electron chi connectivity index (χ1n) is 10.3. The topological polar surface area (TPSA) is 83.1 Å². The molecule has 8 heteroatoms. The third-order valence-electron chi connectivity index (χ3n) is 4.55. The maximum Gasteiger partial charge on any atom is 0.408 e. The minimum absolute atomic E-state index is 0.206. The average Bonchev–Trinajstić information content (AvgIpc) is 2.68. The molecule has 7 nitrogen and oxygen atoms in total. The first kappa shape index (κ1) is 24.1. The number of hydrogen-bond acceptors (Lipinski definition) is 6. The molecule has 1 fully saturated rings. The van der Waals surface area contributed by atoms with Crippen LogP contribution in [0.4, 0.5) is 9.18 Å². The molecule has 1 heterocycles. The molecule has 168 valence electrons. The second kappa shape index (κ2) is 10.7. The van der Waals surface area contributed by atoms with Crippen molar-refractivity contribution in [2.24, 2.45) is 0 Å². The summed E-state index contributed by atoms with van der Waals surface area (Å²) in [4.78, 5) is 24.7. The van der Waals surface area contributed by atoms with Crippen molar-refractivity contribution in [2.45, 2.75) is 77.4 Å². The van der Waals surface area contributed by atoms with Crippen LogP contribution in [0.2, 0.25) is 0 Å². The minimum Gasteiger partial charge on any atom is -0.458 e. The molecule has 0 bridgehead atoms. The maximum atomic E-state index is 13.2. The third-order valence-corrected chi connectivity index (χ3v) is 4.55. The highest BCUT2D eigenvalue weighted by Crippen LogP contribution is 2.21. The Bertz CT molecular complexity index is 703. The van der Waals surface area contributed by atoms with Gasteiger partial charge < -0.3 is 24.3 Å². The number of carbonyl (C=O) groups excluding carboxylic acids is 2. The molecule has 4 atom stereocenters. The Morgan fingerprint density at radius 2 is 1.93 bits per heavy atom. The molecule has 1 aromatic carbocycles. The number of esters is 1. The summed E-state index contributed by atoms with van der Waals surface area (Å²) in [7, 11) is 0. The molecule has 1 aliphatic rings. The summed E-state index contributed by atoms with van der Waals surface area (Å²) >= 11 is 0. The summed E-state index contributed by atoms with van der Waals surface area (Å²) < 4.78 is 35.9.